The predicted octanol–water partition coefficient (Wildman–Crippen LogP) is 5.46. The summed E-state index contributed by atoms with van der Waals surface area (Å²) in [5, 5.41) is 10.5. The number of aromatic hydroxyl groups is 1. The summed E-state index contributed by atoms with van der Waals surface area (Å²) in [7, 11) is 0. The number of aromatic nitrogens is 4. The molecular formula is C24H22F2N4O2. The van der Waals surface area contributed by atoms with Crippen molar-refractivity contribution in [3.63, 3.8) is 0 Å². The molecule has 5 rings (SSSR count). The zero-order valence-corrected chi connectivity index (χ0v) is 17.7. The van der Waals surface area contributed by atoms with E-state index in [1.807, 2.05) is 36.6 Å². The molecule has 0 unspecified atom stereocenters. The minimum atomic E-state index is -2.98. The largest absolute Gasteiger partial charge is 0.507 e. The number of aryl methyl sites for hydroxylation is 1. The lowest BCUT2D eigenvalue weighted by Gasteiger charge is -2.20. The third-order valence-electron chi connectivity index (χ3n) is 5.83. The molecule has 2 aromatic heterocycles. The van der Waals surface area contributed by atoms with Gasteiger partial charge in [0.05, 0.1) is 22.6 Å². The Labute approximate surface area is 183 Å². The zero-order valence-electron chi connectivity index (χ0n) is 17.7. The van der Waals surface area contributed by atoms with E-state index in [4.69, 9.17) is 9.72 Å². The summed E-state index contributed by atoms with van der Waals surface area (Å²) < 4.78 is 32.7. The van der Waals surface area contributed by atoms with Crippen molar-refractivity contribution in [2.45, 2.75) is 45.3 Å². The fraction of sp³-hybridized carbons (Fsp3) is 0.292. The van der Waals surface area contributed by atoms with Crippen LogP contribution in [0.15, 0.2) is 48.8 Å². The number of phenols is 1. The second-order valence-corrected chi connectivity index (χ2v) is 8.21. The molecule has 1 aliphatic rings. The Hall–Kier alpha value is -3.55. The third-order valence-corrected chi connectivity index (χ3v) is 5.83. The number of nitrogens with zero attached hydrogens (tertiary/aromatic N) is 4. The maximum atomic E-state index is 13.0. The summed E-state index contributed by atoms with van der Waals surface area (Å²) >= 11 is 0. The van der Waals surface area contributed by atoms with Crippen LogP contribution in [0.1, 0.15) is 49.4 Å². The molecule has 0 aliphatic carbocycles. The molecule has 8 heteroatoms. The molecule has 3 heterocycles. The van der Waals surface area contributed by atoms with Crippen molar-refractivity contribution in [3.05, 3.63) is 66.0 Å². The van der Waals surface area contributed by atoms with E-state index in [0.717, 1.165) is 33.8 Å². The van der Waals surface area contributed by atoms with E-state index in [1.54, 1.807) is 12.4 Å². The summed E-state index contributed by atoms with van der Waals surface area (Å²) in [6.07, 6.45) is 4.91. The van der Waals surface area contributed by atoms with Crippen LogP contribution >= 0.6 is 0 Å². The lowest BCUT2D eigenvalue weighted by Crippen LogP contribution is -2.11. The van der Waals surface area contributed by atoms with E-state index >= 15 is 0 Å². The standard InChI is InChI=1S/C24H22F2N4O2/c1-13(2)23-27-11-15(12-28-23)14-6-7-16-18(10-14)30-17(8-9-21(30)29-16)22-19(31)4-3-5-20(22)32-24(25)26/h3-7,10-13,17,24,31H,8-9H2,1-2H3/t17-/m1/s1. The number of rotatable bonds is 5. The monoisotopic (exact) mass is 436 g/mol. The van der Waals surface area contributed by atoms with Crippen LogP contribution in [0.25, 0.3) is 22.2 Å². The van der Waals surface area contributed by atoms with Gasteiger partial charge in [0.15, 0.2) is 0 Å². The summed E-state index contributed by atoms with van der Waals surface area (Å²) in [4.78, 5) is 13.6. The topological polar surface area (TPSA) is 73.1 Å². The molecule has 1 atom stereocenters. The van der Waals surface area contributed by atoms with E-state index in [0.29, 0.717) is 18.4 Å². The van der Waals surface area contributed by atoms with Gasteiger partial charge in [-0.05, 0) is 36.2 Å². The highest BCUT2D eigenvalue weighted by Gasteiger charge is 2.32. The average molecular weight is 436 g/mol. The van der Waals surface area contributed by atoms with E-state index < -0.39 is 6.61 Å². The molecule has 0 radical (unpaired) electrons. The van der Waals surface area contributed by atoms with Crippen molar-refractivity contribution in [1.82, 2.24) is 19.5 Å². The van der Waals surface area contributed by atoms with Crippen LogP contribution < -0.4 is 4.74 Å². The lowest BCUT2D eigenvalue weighted by atomic mass is 10.0. The molecular weight excluding hydrogens is 414 g/mol. The van der Waals surface area contributed by atoms with Gasteiger partial charge in [-0.15, -0.1) is 0 Å². The molecule has 32 heavy (non-hydrogen) atoms. The Morgan fingerprint density at radius 1 is 1.09 bits per heavy atom. The minimum Gasteiger partial charge on any atom is -0.507 e. The SMILES string of the molecule is CC(C)c1ncc(-c2ccc3nc4n(c3c2)[C@@H](c2c(O)cccc2OC(F)F)CC4)cn1. The molecule has 0 saturated heterocycles. The van der Waals surface area contributed by atoms with Gasteiger partial charge >= 0.3 is 6.61 Å². The maximum absolute atomic E-state index is 13.0. The average Bonchev–Trinajstić information content (AvgIpc) is 3.33. The lowest BCUT2D eigenvalue weighted by molar-refractivity contribution is -0.0507. The van der Waals surface area contributed by atoms with Crippen LogP contribution in [-0.2, 0) is 6.42 Å². The zero-order chi connectivity index (χ0) is 22.4. The number of phenolic OH excluding ortho intramolecular Hbond substituents is 1. The second-order valence-electron chi connectivity index (χ2n) is 8.21. The fourth-order valence-corrected chi connectivity index (χ4v) is 4.37. The van der Waals surface area contributed by atoms with E-state index in [1.165, 1.54) is 18.2 Å². The maximum Gasteiger partial charge on any atom is 0.387 e. The molecule has 1 aliphatic heterocycles. The van der Waals surface area contributed by atoms with Crippen LogP contribution in [0.4, 0.5) is 8.78 Å². The van der Waals surface area contributed by atoms with Crippen molar-refractivity contribution < 1.29 is 18.6 Å². The Bertz CT molecular complexity index is 1290. The molecule has 0 fully saturated rings. The summed E-state index contributed by atoms with van der Waals surface area (Å²) in [5.41, 5.74) is 3.83. The molecule has 1 N–H and O–H groups in total. The first-order valence-corrected chi connectivity index (χ1v) is 10.5. The normalized spacial score (nSPS) is 15.6. The Balaban J connectivity index is 1.61. The second kappa shape index (κ2) is 7.85. The first kappa shape index (κ1) is 20.4. The summed E-state index contributed by atoms with van der Waals surface area (Å²) in [5.74, 6) is 1.78. The van der Waals surface area contributed by atoms with Crippen molar-refractivity contribution in [1.29, 1.82) is 0 Å². The van der Waals surface area contributed by atoms with Gasteiger partial charge in [0.25, 0.3) is 0 Å². The number of imidazole rings is 1. The summed E-state index contributed by atoms with van der Waals surface area (Å²) in [6, 6.07) is 9.99. The van der Waals surface area contributed by atoms with E-state index in [2.05, 4.69) is 9.97 Å². The fourth-order valence-electron chi connectivity index (χ4n) is 4.37. The third kappa shape index (κ3) is 3.45. The van der Waals surface area contributed by atoms with Gasteiger partial charge in [0.1, 0.15) is 23.1 Å². The molecule has 0 amide bonds. The predicted molar refractivity (Wildman–Crippen MR) is 116 cm³/mol. The number of benzene rings is 2. The molecule has 164 valence electrons. The Kier molecular flexibility index (Phi) is 5.00. The van der Waals surface area contributed by atoms with Gasteiger partial charge in [0.2, 0.25) is 0 Å². The molecule has 4 aromatic rings. The van der Waals surface area contributed by atoms with Crippen molar-refractivity contribution >= 4 is 11.0 Å². The van der Waals surface area contributed by atoms with E-state index in [-0.39, 0.29) is 23.5 Å². The number of alkyl halides is 2. The minimum absolute atomic E-state index is 0.0199. The van der Waals surface area contributed by atoms with Crippen molar-refractivity contribution in [2.75, 3.05) is 0 Å². The Morgan fingerprint density at radius 2 is 1.88 bits per heavy atom. The molecule has 0 bridgehead atoms. The number of hydrogen-bond donors (Lipinski definition) is 1. The van der Waals surface area contributed by atoms with Crippen molar-refractivity contribution in [2.24, 2.45) is 0 Å². The summed E-state index contributed by atoms with van der Waals surface area (Å²) in [6.45, 7) is 1.11. The molecule has 0 spiro atoms. The number of fused-ring (bicyclic) bond motifs is 3. The van der Waals surface area contributed by atoms with Crippen LogP contribution in [0, 0.1) is 0 Å². The highest BCUT2D eigenvalue weighted by molar-refractivity contribution is 5.83. The van der Waals surface area contributed by atoms with Crippen LogP contribution in [0.2, 0.25) is 0 Å². The number of ether oxygens (including phenoxy) is 1. The van der Waals surface area contributed by atoms with Crippen LogP contribution in [-0.4, -0.2) is 31.2 Å². The van der Waals surface area contributed by atoms with Gasteiger partial charge < -0.3 is 14.4 Å². The van der Waals surface area contributed by atoms with E-state index in [9.17, 15) is 13.9 Å². The first-order chi connectivity index (χ1) is 15.4. The number of hydrogen-bond acceptors (Lipinski definition) is 5. The molecule has 0 saturated carbocycles. The van der Waals surface area contributed by atoms with Crippen LogP contribution in [0.3, 0.4) is 0 Å². The highest BCUT2D eigenvalue weighted by atomic mass is 19.3. The molecule has 6 nitrogen and oxygen atoms in total. The number of halogens is 2. The van der Waals surface area contributed by atoms with Gasteiger partial charge in [-0.1, -0.05) is 26.0 Å². The smallest absolute Gasteiger partial charge is 0.387 e. The molecule has 2 aromatic carbocycles. The van der Waals surface area contributed by atoms with Crippen LogP contribution in [0.5, 0.6) is 11.5 Å². The van der Waals surface area contributed by atoms with Gasteiger partial charge in [-0.25, -0.2) is 15.0 Å². The van der Waals surface area contributed by atoms with Gasteiger partial charge in [0, 0.05) is 30.3 Å². The van der Waals surface area contributed by atoms with Gasteiger partial charge in [-0.3, -0.25) is 0 Å². The highest BCUT2D eigenvalue weighted by Crippen LogP contribution is 2.44. The Morgan fingerprint density at radius 3 is 2.59 bits per heavy atom. The first-order valence-electron chi connectivity index (χ1n) is 10.5. The van der Waals surface area contributed by atoms with Gasteiger partial charge in [-0.2, -0.15) is 8.78 Å². The quantitative estimate of drug-likeness (QED) is 0.450. The van der Waals surface area contributed by atoms with Crippen molar-refractivity contribution in [3.8, 4) is 22.6 Å².